The van der Waals surface area contributed by atoms with Gasteiger partial charge in [-0.15, -0.1) is 15.3 Å². The minimum Gasteiger partial charge on any atom is -0.494 e. The first kappa shape index (κ1) is 18.7. The molecule has 0 saturated carbocycles. The number of fused-ring (bicyclic) bond motifs is 4. The number of nitrogens with two attached hydrogens (primary N) is 1. The van der Waals surface area contributed by atoms with Crippen molar-refractivity contribution in [1.29, 1.82) is 0 Å². The number of anilines is 1. The van der Waals surface area contributed by atoms with Crippen LogP contribution < -0.4 is 10.5 Å². The average Bonchev–Trinajstić information content (AvgIpc) is 3.36. The van der Waals surface area contributed by atoms with Crippen LogP contribution in [0.5, 0.6) is 5.75 Å². The predicted octanol–water partition coefficient (Wildman–Crippen LogP) is 1.01. The lowest BCUT2D eigenvalue weighted by Crippen LogP contribution is -2.34. The van der Waals surface area contributed by atoms with Crippen LogP contribution in [0.2, 0.25) is 0 Å². The Balaban J connectivity index is 1.42. The first-order chi connectivity index (χ1) is 14.7. The number of hydrogen-bond donors (Lipinski definition) is 1. The SMILES string of the molecule is CCOCc1nnc2n1CCN(Cc1nc3c4cccc(OC)c4nc(N)n3n1)C2. The molecule has 0 amide bonds. The van der Waals surface area contributed by atoms with Crippen LogP contribution in [0.25, 0.3) is 16.6 Å². The lowest BCUT2D eigenvalue weighted by Gasteiger charge is -2.26. The summed E-state index contributed by atoms with van der Waals surface area (Å²) in [5, 5.41) is 14.0. The maximum Gasteiger partial charge on any atom is 0.223 e. The summed E-state index contributed by atoms with van der Waals surface area (Å²) in [6.45, 7) is 6.03. The molecule has 4 heterocycles. The number of ether oxygens (including phenoxy) is 2. The van der Waals surface area contributed by atoms with Gasteiger partial charge in [0.2, 0.25) is 5.95 Å². The minimum absolute atomic E-state index is 0.278. The standard InChI is InChI=1S/C19H23N9O2/c1-3-30-11-16-24-23-15-10-26(7-8-27(15)16)9-14-21-18-12-5-4-6-13(29-2)17(12)22-19(20)28(18)25-14/h4-6H,3,7-11H2,1-2H3,(H2,20,22). The van der Waals surface area contributed by atoms with E-state index in [1.807, 2.05) is 25.1 Å². The third-order valence-electron chi connectivity index (χ3n) is 5.26. The van der Waals surface area contributed by atoms with Gasteiger partial charge in [-0.2, -0.15) is 4.52 Å². The fraction of sp³-hybridized carbons (Fsp3) is 0.421. The summed E-state index contributed by atoms with van der Waals surface area (Å²) in [6.07, 6.45) is 0. The van der Waals surface area contributed by atoms with Crippen molar-refractivity contribution in [1.82, 2.24) is 39.2 Å². The van der Waals surface area contributed by atoms with Crippen LogP contribution in [0.15, 0.2) is 18.2 Å². The first-order valence-electron chi connectivity index (χ1n) is 9.86. The van der Waals surface area contributed by atoms with Crippen molar-refractivity contribution in [2.75, 3.05) is 26.0 Å². The monoisotopic (exact) mass is 409 g/mol. The van der Waals surface area contributed by atoms with E-state index in [0.29, 0.717) is 49.0 Å². The average molecular weight is 409 g/mol. The molecule has 1 aliphatic heterocycles. The van der Waals surface area contributed by atoms with Gasteiger partial charge in [-0.1, -0.05) is 6.07 Å². The van der Waals surface area contributed by atoms with E-state index in [1.165, 1.54) is 0 Å². The van der Waals surface area contributed by atoms with Gasteiger partial charge >= 0.3 is 0 Å². The first-order valence-corrected chi connectivity index (χ1v) is 9.86. The predicted molar refractivity (Wildman–Crippen MR) is 109 cm³/mol. The number of hydrogen-bond acceptors (Lipinski definition) is 9. The van der Waals surface area contributed by atoms with Crippen molar-refractivity contribution in [3.8, 4) is 5.75 Å². The van der Waals surface area contributed by atoms with E-state index in [9.17, 15) is 0 Å². The molecule has 4 aromatic rings. The van der Waals surface area contributed by atoms with E-state index in [2.05, 4.69) is 29.7 Å². The van der Waals surface area contributed by atoms with Crippen molar-refractivity contribution in [3.05, 3.63) is 35.7 Å². The van der Waals surface area contributed by atoms with E-state index in [4.69, 9.17) is 20.2 Å². The molecule has 1 aliphatic rings. The van der Waals surface area contributed by atoms with Gasteiger partial charge in [0.1, 0.15) is 23.7 Å². The molecular weight excluding hydrogens is 386 g/mol. The summed E-state index contributed by atoms with van der Waals surface area (Å²) in [5.74, 6) is 3.42. The van der Waals surface area contributed by atoms with Crippen molar-refractivity contribution in [3.63, 3.8) is 0 Å². The molecule has 0 unspecified atom stereocenters. The number of nitrogens with zero attached hydrogens (tertiary/aromatic N) is 8. The van der Waals surface area contributed by atoms with Crippen molar-refractivity contribution < 1.29 is 9.47 Å². The fourth-order valence-corrected chi connectivity index (χ4v) is 3.80. The van der Waals surface area contributed by atoms with Crippen LogP contribution in [0.3, 0.4) is 0 Å². The molecule has 0 aliphatic carbocycles. The molecule has 0 radical (unpaired) electrons. The zero-order valence-electron chi connectivity index (χ0n) is 16.9. The van der Waals surface area contributed by atoms with Crippen LogP contribution in [0.1, 0.15) is 24.4 Å². The van der Waals surface area contributed by atoms with Gasteiger partial charge in [-0.3, -0.25) is 4.90 Å². The Hall–Kier alpha value is -3.31. The normalized spacial score (nSPS) is 14.5. The molecule has 0 atom stereocenters. The fourth-order valence-electron chi connectivity index (χ4n) is 3.80. The number of methoxy groups -OCH3 is 1. The number of nitrogen functional groups attached to an aromatic ring is 1. The zero-order valence-corrected chi connectivity index (χ0v) is 16.9. The highest BCUT2D eigenvalue weighted by atomic mass is 16.5. The molecular formula is C19H23N9O2. The molecule has 3 aromatic heterocycles. The summed E-state index contributed by atoms with van der Waals surface area (Å²) in [4.78, 5) is 11.4. The molecule has 1 aromatic carbocycles. The molecule has 156 valence electrons. The zero-order chi connectivity index (χ0) is 20.7. The van der Waals surface area contributed by atoms with E-state index in [-0.39, 0.29) is 5.95 Å². The van der Waals surface area contributed by atoms with Crippen LogP contribution in [0, 0.1) is 0 Å². The van der Waals surface area contributed by atoms with Crippen LogP contribution >= 0.6 is 0 Å². The number of rotatable bonds is 6. The Bertz CT molecular complexity index is 1220. The van der Waals surface area contributed by atoms with Crippen LogP contribution in [-0.4, -0.2) is 59.5 Å². The second-order valence-corrected chi connectivity index (χ2v) is 7.12. The van der Waals surface area contributed by atoms with Crippen molar-refractivity contribution in [2.45, 2.75) is 33.2 Å². The summed E-state index contributed by atoms with van der Waals surface area (Å²) in [6, 6.07) is 5.71. The van der Waals surface area contributed by atoms with E-state index in [0.717, 1.165) is 30.1 Å². The van der Waals surface area contributed by atoms with E-state index < -0.39 is 0 Å². The Morgan fingerprint density at radius 2 is 2.07 bits per heavy atom. The number of para-hydroxylation sites is 1. The van der Waals surface area contributed by atoms with Crippen molar-refractivity contribution in [2.24, 2.45) is 0 Å². The third-order valence-corrected chi connectivity index (χ3v) is 5.26. The Morgan fingerprint density at radius 3 is 2.90 bits per heavy atom. The van der Waals surface area contributed by atoms with Crippen LogP contribution in [-0.2, 0) is 31.0 Å². The quantitative estimate of drug-likeness (QED) is 0.497. The third kappa shape index (κ3) is 3.12. The van der Waals surface area contributed by atoms with Gasteiger partial charge in [0, 0.05) is 25.1 Å². The van der Waals surface area contributed by atoms with Gasteiger partial charge in [0.15, 0.2) is 17.3 Å². The summed E-state index contributed by atoms with van der Waals surface area (Å²) < 4.78 is 14.6. The van der Waals surface area contributed by atoms with Crippen molar-refractivity contribution >= 4 is 22.5 Å². The summed E-state index contributed by atoms with van der Waals surface area (Å²) in [7, 11) is 1.61. The van der Waals surface area contributed by atoms with E-state index in [1.54, 1.807) is 11.6 Å². The molecule has 30 heavy (non-hydrogen) atoms. The summed E-state index contributed by atoms with van der Waals surface area (Å²) in [5.41, 5.74) is 7.49. The molecule has 0 fully saturated rings. The summed E-state index contributed by atoms with van der Waals surface area (Å²) >= 11 is 0. The highest BCUT2D eigenvalue weighted by Crippen LogP contribution is 2.27. The lowest BCUT2D eigenvalue weighted by atomic mass is 10.2. The largest absolute Gasteiger partial charge is 0.494 e. The molecule has 0 saturated heterocycles. The maximum absolute atomic E-state index is 6.15. The minimum atomic E-state index is 0.278. The van der Waals surface area contributed by atoms with Gasteiger partial charge in [0.25, 0.3) is 0 Å². The topological polar surface area (TPSA) is 122 Å². The second kappa shape index (κ2) is 7.50. The lowest BCUT2D eigenvalue weighted by molar-refractivity contribution is 0.121. The highest BCUT2D eigenvalue weighted by Gasteiger charge is 2.23. The van der Waals surface area contributed by atoms with E-state index >= 15 is 0 Å². The molecule has 0 spiro atoms. The van der Waals surface area contributed by atoms with Gasteiger partial charge < -0.3 is 19.8 Å². The second-order valence-electron chi connectivity index (χ2n) is 7.12. The van der Waals surface area contributed by atoms with Gasteiger partial charge in [-0.25, -0.2) is 9.97 Å². The smallest absolute Gasteiger partial charge is 0.223 e. The van der Waals surface area contributed by atoms with Crippen LogP contribution in [0.4, 0.5) is 5.95 Å². The molecule has 11 heteroatoms. The number of aromatic nitrogens is 7. The maximum atomic E-state index is 6.15. The Labute approximate surface area is 172 Å². The molecule has 2 N–H and O–H groups in total. The Morgan fingerprint density at radius 1 is 1.17 bits per heavy atom. The molecule has 0 bridgehead atoms. The van der Waals surface area contributed by atoms with Gasteiger partial charge in [0.05, 0.1) is 20.2 Å². The van der Waals surface area contributed by atoms with Gasteiger partial charge in [-0.05, 0) is 19.1 Å². The number of benzene rings is 1. The highest BCUT2D eigenvalue weighted by molar-refractivity contribution is 5.95. The molecule has 5 rings (SSSR count). The molecule has 11 nitrogen and oxygen atoms in total. The Kier molecular flexibility index (Phi) is 4.68.